The lowest BCUT2D eigenvalue weighted by Crippen LogP contribution is -2.17. The number of hydrogen-bond donors (Lipinski definition) is 0. The minimum Gasteiger partial charge on any atom is -0.464 e. The van der Waals surface area contributed by atoms with Crippen molar-refractivity contribution in [2.75, 3.05) is 6.61 Å². The first-order chi connectivity index (χ1) is 21.4. The van der Waals surface area contributed by atoms with Gasteiger partial charge in [0.25, 0.3) is 5.69 Å². The molecule has 0 heterocycles. The summed E-state index contributed by atoms with van der Waals surface area (Å²) in [6.07, 6.45) is 0. The molecule has 220 valence electrons. The summed E-state index contributed by atoms with van der Waals surface area (Å²) in [5.41, 5.74) is 2.64. The molecule has 5 aromatic rings. The minimum absolute atomic E-state index is 0.142. The molecule has 0 spiro atoms. The fourth-order valence-corrected chi connectivity index (χ4v) is 4.39. The zero-order valence-electron chi connectivity index (χ0n) is 23.6. The first kappa shape index (κ1) is 29.7. The lowest BCUT2D eigenvalue weighted by molar-refractivity contribution is -0.385. The number of rotatable bonds is 11. The fourth-order valence-electron chi connectivity index (χ4n) is 4.39. The third kappa shape index (κ3) is 7.51. The summed E-state index contributed by atoms with van der Waals surface area (Å²) in [6, 6.07) is 34.1. The van der Waals surface area contributed by atoms with Gasteiger partial charge in [0, 0.05) is 17.2 Å². The Morgan fingerprint density at radius 3 is 1.73 bits per heavy atom. The number of aliphatic imine (C=N–C) groups is 1. The molecule has 0 amide bonds. The number of halogens is 1. The number of carbonyl (C=O) groups is 1. The van der Waals surface area contributed by atoms with Gasteiger partial charge in [-0.25, -0.2) is 9.18 Å². The predicted octanol–water partition coefficient (Wildman–Crippen LogP) is 8.46. The minimum atomic E-state index is -0.965. The third-order valence-electron chi connectivity index (χ3n) is 6.42. The van der Waals surface area contributed by atoms with Gasteiger partial charge in [-0.1, -0.05) is 72.8 Å². The van der Waals surface area contributed by atoms with Gasteiger partial charge in [-0.05, 0) is 48.9 Å². The normalized spacial score (nSPS) is 11.2. The molecule has 0 aliphatic heterocycles. The van der Waals surface area contributed by atoms with Crippen molar-refractivity contribution in [3.8, 4) is 23.0 Å². The second-order valence-electron chi connectivity index (χ2n) is 9.51. The van der Waals surface area contributed by atoms with Crippen molar-refractivity contribution < 1.29 is 28.3 Å². The number of ether oxygens (including phenoxy) is 3. The summed E-state index contributed by atoms with van der Waals surface area (Å²) in [5.74, 6) is 0.0175. The van der Waals surface area contributed by atoms with E-state index in [1.54, 1.807) is 31.2 Å². The van der Waals surface area contributed by atoms with Gasteiger partial charge in [-0.15, -0.1) is 0 Å². The Kier molecular flexibility index (Phi) is 9.36. The maximum atomic E-state index is 13.3. The van der Waals surface area contributed by atoms with Crippen molar-refractivity contribution in [2.24, 2.45) is 4.99 Å². The van der Waals surface area contributed by atoms with Gasteiger partial charge in [0.15, 0.2) is 6.04 Å². The monoisotopic (exact) mass is 590 g/mol. The molecular formula is C35H27FN2O6. The number of nitro benzene ring substituents is 1. The van der Waals surface area contributed by atoms with E-state index in [9.17, 15) is 19.3 Å². The standard InChI is InChI=1S/C35H27FN2O6/c1-2-42-35(39)34(37-33(24-9-5-3-6-10-24)25-11-7-4-8-12-25)26-13-17-29(18-14-26)43-31-21-28(38(40)41)22-32(23-31)44-30-19-15-27(36)16-20-30/h3-23,34H,2H2,1H3. The number of esters is 1. The van der Waals surface area contributed by atoms with E-state index < -0.39 is 22.8 Å². The van der Waals surface area contributed by atoms with Crippen LogP contribution in [0.4, 0.5) is 10.1 Å². The number of benzene rings is 5. The van der Waals surface area contributed by atoms with Crippen LogP contribution in [0, 0.1) is 15.9 Å². The van der Waals surface area contributed by atoms with E-state index in [4.69, 9.17) is 19.2 Å². The Morgan fingerprint density at radius 2 is 1.25 bits per heavy atom. The van der Waals surface area contributed by atoms with E-state index in [1.807, 2.05) is 60.7 Å². The van der Waals surface area contributed by atoms with Crippen LogP contribution in [0.25, 0.3) is 0 Å². The Bertz CT molecular complexity index is 1720. The molecule has 0 fully saturated rings. The number of non-ortho nitro benzene ring substituents is 1. The van der Waals surface area contributed by atoms with Crippen LogP contribution in [-0.2, 0) is 9.53 Å². The Hall–Kier alpha value is -5.83. The van der Waals surface area contributed by atoms with E-state index in [0.29, 0.717) is 22.8 Å². The molecule has 5 rings (SSSR count). The van der Waals surface area contributed by atoms with Crippen LogP contribution in [0.1, 0.15) is 29.7 Å². The average Bonchev–Trinajstić information content (AvgIpc) is 3.04. The maximum absolute atomic E-state index is 13.3. The van der Waals surface area contributed by atoms with Crippen LogP contribution < -0.4 is 9.47 Å². The highest BCUT2D eigenvalue weighted by Gasteiger charge is 2.23. The highest BCUT2D eigenvalue weighted by Crippen LogP contribution is 2.34. The van der Waals surface area contributed by atoms with Gasteiger partial charge in [0.1, 0.15) is 28.8 Å². The zero-order valence-corrected chi connectivity index (χ0v) is 23.6. The molecule has 0 bridgehead atoms. The van der Waals surface area contributed by atoms with Crippen molar-refractivity contribution in [1.29, 1.82) is 0 Å². The lowest BCUT2D eigenvalue weighted by atomic mass is 10.0. The molecule has 0 aromatic heterocycles. The third-order valence-corrected chi connectivity index (χ3v) is 6.42. The average molecular weight is 591 g/mol. The highest BCUT2D eigenvalue weighted by atomic mass is 19.1. The van der Waals surface area contributed by atoms with Gasteiger partial charge in [0.05, 0.1) is 29.4 Å². The van der Waals surface area contributed by atoms with Crippen molar-refractivity contribution in [3.05, 3.63) is 160 Å². The van der Waals surface area contributed by atoms with Crippen LogP contribution in [0.2, 0.25) is 0 Å². The molecule has 0 radical (unpaired) electrons. The van der Waals surface area contributed by atoms with E-state index >= 15 is 0 Å². The molecule has 44 heavy (non-hydrogen) atoms. The first-order valence-corrected chi connectivity index (χ1v) is 13.8. The van der Waals surface area contributed by atoms with E-state index in [1.165, 1.54) is 42.5 Å². The molecule has 0 aliphatic carbocycles. The van der Waals surface area contributed by atoms with Crippen LogP contribution in [-0.4, -0.2) is 23.2 Å². The second kappa shape index (κ2) is 13.9. The number of nitro groups is 1. The molecule has 5 aromatic carbocycles. The number of carbonyl (C=O) groups excluding carboxylic acids is 1. The van der Waals surface area contributed by atoms with Crippen molar-refractivity contribution in [1.82, 2.24) is 0 Å². The molecule has 0 saturated carbocycles. The molecule has 8 nitrogen and oxygen atoms in total. The first-order valence-electron chi connectivity index (χ1n) is 13.8. The SMILES string of the molecule is CCOC(=O)C(N=C(c1ccccc1)c1ccccc1)c1ccc(Oc2cc(Oc3ccc(F)cc3)cc([N+](=O)[O-])c2)cc1. The van der Waals surface area contributed by atoms with Crippen molar-refractivity contribution in [2.45, 2.75) is 13.0 Å². The molecule has 1 unspecified atom stereocenters. The molecule has 0 saturated heterocycles. The van der Waals surface area contributed by atoms with Gasteiger partial charge in [-0.3, -0.25) is 15.1 Å². The van der Waals surface area contributed by atoms with E-state index in [-0.39, 0.29) is 23.8 Å². The number of hydrogen-bond acceptors (Lipinski definition) is 7. The topological polar surface area (TPSA) is 100 Å². The summed E-state index contributed by atoms with van der Waals surface area (Å²) in [6.45, 7) is 1.92. The largest absolute Gasteiger partial charge is 0.464 e. The Morgan fingerprint density at radius 1 is 0.750 bits per heavy atom. The lowest BCUT2D eigenvalue weighted by Gasteiger charge is -2.16. The second-order valence-corrected chi connectivity index (χ2v) is 9.51. The van der Waals surface area contributed by atoms with Gasteiger partial charge in [-0.2, -0.15) is 0 Å². The predicted molar refractivity (Wildman–Crippen MR) is 164 cm³/mol. The summed E-state index contributed by atoms with van der Waals surface area (Å²) < 4.78 is 30.3. The van der Waals surface area contributed by atoms with Crippen LogP contribution >= 0.6 is 0 Å². The van der Waals surface area contributed by atoms with Crippen LogP contribution in [0.3, 0.4) is 0 Å². The van der Waals surface area contributed by atoms with E-state index in [0.717, 1.165) is 11.1 Å². The Balaban J connectivity index is 1.45. The number of nitrogens with zero attached hydrogens (tertiary/aromatic N) is 2. The fraction of sp³-hybridized carbons (Fsp3) is 0.0857. The van der Waals surface area contributed by atoms with Crippen LogP contribution in [0.15, 0.2) is 132 Å². The van der Waals surface area contributed by atoms with Gasteiger partial charge < -0.3 is 14.2 Å². The van der Waals surface area contributed by atoms with E-state index in [2.05, 4.69) is 0 Å². The maximum Gasteiger partial charge on any atom is 0.335 e. The zero-order chi connectivity index (χ0) is 30.9. The van der Waals surface area contributed by atoms with Gasteiger partial charge >= 0.3 is 5.97 Å². The molecule has 0 N–H and O–H groups in total. The summed E-state index contributed by atoms with van der Waals surface area (Å²) in [4.78, 5) is 29.1. The smallest absolute Gasteiger partial charge is 0.335 e. The molecule has 0 aliphatic rings. The highest BCUT2D eigenvalue weighted by molar-refractivity contribution is 6.13. The van der Waals surface area contributed by atoms with Gasteiger partial charge in [0.2, 0.25) is 0 Å². The summed E-state index contributed by atoms with van der Waals surface area (Å²) in [5, 5.41) is 11.6. The molecule has 9 heteroatoms. The summed E-state index contributed by atoms with van der Waals surface area (Å²) >= 11 is 0. The molecular weight excluding hydrogens is 563 g/mol. The van der Waals surface area contributed by atoms with Crippen molar-refractivity contribution in [3.63, 3.8) is 0 Å². The quantitative estimate of drug-likeness (QED) is 0.0662. The van der Waals surface area contributed by atoms with Crippen molar-refractivity contribution >= 4 is 17.4 Å². The summed E-state index contributed by atoms with van der Waals surface area (Å²) in [7, 11) is 0. The van der Waals surface area contributed by atoms with Crippen LogP contribution in [0.5, 0.6) is 23.0 Å². The Labute approximate surface area is 253 Å². The molecule has 1 atom stereocenters.